The van der Waals surface area contributed by atoms with Gasteiger partial charge >= 0.3 is 0 Å². The van der Waals surface area contributed by atoms with E-state index in [1.165, 1.54) is 0 Å². The number of carbonyl (C=O) groups excluding carboxylic acids is 1. The molecule has 0 aliphatic carbocycles. The van der Waals surface area contributed by atoms with E-state index < -0.39 is 16.6 Å². The average Bonchev–Trinajstić information content (AvgIpc) is 2.79. The van der Waals surface area contributed by atoms with Crippen molar-refractivity contribution in [3.63, 3.8) is 0 Å². The fourth-order valence-corrected chi connectivity index (χ4v) is 5.21. The van der Waals surface area contributed by atoms with Crippen LogP contribution in [0.3, 0.4) is 0 Å². The van der Waals surface area contributed by atoms with E-state index in [-0.39, 0.29) is 5.78 Å². The number of Topliss-reactive ketones (excluding diaryl/α,β-unsaturated/α-hetero) is 1. The van der Waals surface area contributed by atoms with E-state index in [9.17, 15) is 13.2 Å². The average molecular weight is 425 g/mol. The van der Waals surface area contributed by atoms with Crippen molar-refractivity contribution in [3.05, 3.63) is 77.9 Å². The van der Waals surface area contributed by atoms with E-state index in [4.69, 9.17) is 5.11 Å². The molecule has 0 atom stereocenters. The lowest BCUT2D eigenvalue weighted by molar-refractivity contribution is 0.0903. The molecule has 3 aromatic rings. The second-order valence-corrected chi connectivity index (χ2v) is 9.41. The summed E-state index contributed by atoms with van der Waals surface area (Å²) in [6.07, 6.45) is 0. The van der Waals surface area contributed by atoms with E-state index in [1.807, 2.05) is 42.5 Å². The first-order chi connectivity index (χ1) is 14.5. The van der Waals surface area contributed by atoms with Crippen LogP contribution in [0.5, 0.6) is 0 Å². The Balaban J connectivity index is 1.40. The number of hydrogen-bond acceptors (Lipinski definition) is 5. The van der Waals surface area contributed by atoms with Crippen LogP contribution in [0.4, 0.5) is 0 Å². The molecular formula is C23H24N2O4S. The van der Waals surface area contributed by atoms with Gasteiger partial charge in [0, 0.05) is 38.3 Å². The summed E-state index contributed by atoms with van der Waals surface area (Å²) in [6.45, 7) is 2.37. The molecule has 1 aliphatic rings. The zero-order valence-corrected chi connectivity index (χ0v) is 17.4. The lowest BCUT2D eigenvalue weighted by atomic mass is 10.1. The molecule has 1 heterocycles. The summed E-state index contributed by atoms with van der Waals surface area (Å²) >= 11 is 0. The van der Waals surface area contributed by atoms with Gasteiger partial charge in [0.2, 0.25) is 10.0 Å². The second kappa shape index (κ2) is 8.65. The van der Waals surface area contributed by atoms with Gasteiger partial charge in [0.1, 0.15) is 6.61 Å². The summed E-state index contributed by atoms with van der Waals surface area (Å²) in [4.78, 5) is 14.0. The third kappa shape index (κ3) is 4.29. The van der Waals surface area contributed by atoms with Gasteiger partial charge in [0.15, 0.2) is 5.78 Å². The molecule has 0 amide bonds. The number of fused-ring (bicyclic) bond motifs is 1. The maximum absolute atomic E-state index is 13.1. The molecule has 1 N–H and O–H groups in total. The Kier molecular flexibility index (Phi) is 5.97. The lowest BCUT2D eigenvalue weighted by Crippen LogP contribution is -2.48. The van der Waals surface area contributed by atoms with Crippen LogP contribution >= 0.6 is 0 Å². The zero-order chi connectivity index (χ0) is 21.1. The maximum atomic E-state index is 13.1. The smallest absolute Gasteiger partial charge is 0.243 e. The number of ketones is 1. The van der Waals surface area contributed by atoms with Crippen LogP contribution in [0.1, 0.15) is 15.9 Å². The molecule has 30 heavy (non-hydrogen) atoms. The Morgan fingerprint density at radius 3 is 2.20 bits per heavy atom. The topological polar surface area (TPSA) is 77.9 Å². The number of hydrogen-bond donors (Lipinski definition) is 1. The molecule has 3 aromatic carbocycles. The molecule has 0 radical (unpaired) electrons. The SMILES string of the molecule is O=C(CO)c1ccc(CN2CCN(S(=O)(=O)c3ccc4ccccc4c3)CC2)cc1. The maximum Gasteiger partial charge on any atom is 0.243 e. The van der Waals surface area contributed by atoms with E-state index in [0.717, 1.165) is 16.3 Å². The summed E-state index contributed by atoms with van der Waals surface area (Å²) in [6, 6.07) is 20.2. The Morgan fingerprint density at radius 2 is 1.53 bits per heavy atom. The Hall–Kier alpha value is -2.58. The van der Waals surface area contributed by atoms with Gasteiger partial charge in [-0.2, -0.15) is 4.31 Å². The van der Waals surface area contributed by atoms with Crippen molar-refractivity contribution in [2.45, 2.75) is 11.4 Å². The van der Waals surface area contributed by atoms with Crippen LogP contribution in [-0.4, -0.2) is 61.3 Å². The third-order valence-corrected chi connectivity index (χ3v) is 7.41. The lowest BCUT2D eigenvalue weighted by Gasteiger charge is -2.34. The Morgan fingerprint density at radius 1 is 0.867 bits per heavy atom. The Labute approximate surface area is 176 Å². The van der Waals surface area contributed by atoms with E-state index in [0.29, 0.717) is 43.2 Å². The minimum Gasteiger partial charge on any atom is -0.388 e. The number of nitrogens with zero attached hydrogens (tertiary/aromatic N) is 2. The highest BCUT2D eigenvalue weighted by Crippen LogP contribution is 2.23. The normalized spacial score (nSPS) is 16.0. The van der Waals surface area contributed by atoms with Gasteiger partial charge in [-0.25, -0.2) is 8.42 Å². The molecule has 0 spiro atoms. The molecule has 0 aromatic heterocycles. The molecule has 1 saturated heterocycles. The quantitative estimate of drug-likeness (QED) is 0.616. The van der Waals surface area contributed by atoms with Crippen LogP contribution < -0.4 is 0 Å². The number of aliphatic hydroxyl groups is 1. The van der Waals surface area contributed by atoms with Crippen molar-refractivity contribution in [2.75, 3.05) is 32.8 Å². The van der Waals surface area contributed by atoms with E-state index in [1.54, 1.807) is 28.6 Å². The molecule has 1 fully saturated rings. The molecule has 7 heteroatoms. The van der Waals surface area contributed by atoms with Gasteiger partial charge in [-0.15, -0.1) is 0 Å². The van der Waals surface area contributed by atoms with Crippen molar-refractivity contribution in [1.82, 2.24) is 9.21 Å². The summed E-state index contributed by atoms with van der Waals surface area (Å²) in [5.74, 6) is -0.297. The molecule has 0 bridgehead atoms. The number of aliphatic hydroxyl groups excluding tert-OH is 1. The first-order valence-electron chi connectivity index (χ1n) is 9.92. The predicted molar refractivity (Wildman–Crippen MR) is 116 cm³/mol. The van der Waals surface area contributed by atoms with Gasteiger partial charge in [-0.3, -0.25) is 9.69 Å². The molecule has 4 rings (SSSR count). The first kappa shape index (κ1) is 20.7. The fourth-order valence-electron chi connectivity index (χ4n) is 3.75. The number of sulfonamides is 1. The summed E-state index contributed by atoms with van der Waals surface area (Å²) in [5.41, 5.74) is 1.54. The molecular weight excluding hydrogens is 400 g/mol. The summed E-state index contributed by atoms with van der Waals surface area (Å²) in [7, 11) is -3.52. The molecule has 1 aliphatic heterocycles. The zero-order valence-electron chi connectivity index (χ0n) is 16.6. The first-order valence-corrected chi connectivity index (χ1v) is 11.4. The van der Waals surface area contributed by atoms with E-state index >= 15 is 0 Å². The summed E-state index contributed by atoms with van der Waals surface area (Å²) in [5, 5.41) is 10.9. The second-order valence-electron chi connectivity index (χ2n) is 7.47. The number of benzene rings is 3. The third-order valence-electron chi connectivity index (χ3n) is 5.52. The van der Waals surface area contributed by atoms with Crippen LogP contribution in [0.15, 0.2) is 71.6 Å². The molecule has 6 nitrogen and oxygen atoms in total. The minimum absolute atomic E-state index is 0.297. The fraction of sp³-hybridized carbons (Fsp3) is 0.261. The summed E-state index contributed by atoms with van der Waals surface area (Å²) < 4.78 is 27.7. The number of carbonyl (C=O) groups is 1. The highest BCUT2D eigenvalue weighted by molar-refractivity contribution is 7.89. The van der Waals surface area contributed by atoms with Crippen molar-refractivity contribution in [3.8, 4) is 0 Å². The van der Waals surface area contributed by atoms with Gasteiger partial charge < -0.3 is 5.11 Å². The van der Waals surface area contributed by atoms with Gasteiger partial charge in [0.25, 0.3) is 0 Å². The largest absolute Gasteiger partial charge is 0.388 e. The van der Waals surface area contributed by atoms with E-state index in [2.05, 4.69) is 4.90 Å². The highest BCUT2D eigenvalue weighted by Gasteiger charge is 2.28. The van der Waals surface area contributed by atoms with Crippen molar-refractivity contribution < 1.29 is 18.3 Å². The minimum atomic E-state index is -3.52. The van der Waals surface area contributed by atoms with Crippen molar-refractivity contribution in [2.24, 2.45) is 0 Å². The van der Waals surface area contributed by atoms with Gasteiger partial charge in [-0.05, 0) is 28.5 Å². The van der Waals surface area contributed by atoms with Gasteiger partial charge in [0.05, 0.1) is 4.90 Å². The standard InChI is InChI=1S/C23H24N2O4S/c26-17-23(27)20-7-5-18(6-8-20)16-24-11-13-25(14-12-24)30(28,29)22-10-9-19-3-1-2-4-21(19)15-22/h1-10,15,26H,11-14,16-17H2. The van der Waals surface area contributed by atoms with Crippen LogP contribution in [-0.2, 0) is 16.6 Å². The van der Waals surface area contributed by atoms with Crippen molar-refractivity contribution >= 4 is 26.6 Å². The van der Waals surface area contributed by atoms with Crippen molar-refractivity contribution in [1.29, 1.82) is 0 Å². The van der Waals surface area contributed by atoms with Crippen LogP contribution in [0, 0.1) is 0 Å². The molecule has 156 valence electrons. The van der Waals surface area contributed by atoms with Crippen LogP contribution in [0.2, 0.25) is 0 Å². The number of rotatable bonds is 6. The van der Waals surface area contributed by atoms with Crippen LogP contribution in [0.25, 0.3) is 10.8 Å². The van der Waals surface area contributed by atoms with Gasteiger partial charge in [-0.1, -0.05) is 54.6 Å². The predicted octanol–water partition coefficient (Wildman–Crippen LogP) is 2.52. The monoisotopic (exact) mass is 424 g/mol. The Bertz CT molecular complexity index is 1150. The molecule has 0 saturated carbocycles. The number of piperazine rings is 1. The molecule has 0 unspecified atom stereocenters. The highest BCUT2D eigenvalue weighted by atomic mass is 32.2.